The standard InChI is InChI=1S/C41H57NO9/c1-29(26-31(3)36(43)28-48-5)16-9-7-10-17-30(2)37(49-6)27-34-23-22-32(4)41(47,51-34)38(44)39(45)42-24-14-13-21-35(42)40(46)50-25-15-20-33-18-11-8-12-19-33/h7-12,15-20,29,31-32,34-35,37,47H,13-14,21-28H2,1-6H3/b10-7+,16-9-,20-15+,30-17+/t29-,31-,32-,34+,35+,37+,41-/m1/s1. The van der Waals surface area contributed by atoms with E-state index < -0.39 is 41.5 Å². The van der Waals surface area contributed by atoms with Crippen LogP contribution in [0, 0.1) is 17.8 Å². The van der Waals surface area contributed by atoms with E-state index in [-0.39, 0.29) is 43.5 Å². The number of hydrogen-bond donors (Lipinski definition) is 1. The number of hydrogen-bond acceptors (Lipinski definition) is 9. The number of carbonyl (C=O) groups excluding carboxylic acids is 4. The van der Waals surface area contributed by atoms with Crippen LogP contribution < -0.4 is 0 Å². The summed E-state index contributed by atoms with van der Waals surface area (Å²) < 4.78 is 22.2. The second-order valence-corrected chi connectivity index (χ2v) is 13.9. The molecule has 2 fully saturated rings. The molecule has 10 nitrogen and oxygen atoms in total. The molecule has 0 unspecified atom stereocenters. The number of piperidine rings is 1. The zero-order valence-electron chi connectivity index (χ0n) is 31.1. The van der Waals surface area contributed by atoms with Gasteiger partial charge in [0.25, 0.3) is 11.7 Å². The molecule has 280 valence electrons. The molecular weight excluding hydrogens is 650 g/mol. The Morgan fingerprint density at radius 3 is 2.49 bits per heavy atom. The number of rotatable bonds is 18. The Balaban J connectivity index is 1.59. The number of carbonyl (C=O) groups is 4. The molecule has 0 spiro atoms. The molecule has 2 saturated heterocycles. The molecule has 1 aromatic carbocycles. The molecular formula is C41H57NO9. The Kier molecular flexibility index (Phi) is 17.2. The summed E-state index contributed by atoms with van der Waals surface area (Å²) >= 11 is 0. The summed E-state index contributed by atoms with van der Waals surface area (Å²) in [5, 5.41) is 11.6. The molecule has 0 aromatic heterocycles. The van der Waals surface area contributed by atoms with Crippen LogP contribution in [0.25, 0.3) is 6.08 Å². The molecule has 0 saturated carbocycles. The van der Waals surface area contributed by atoms with E-state index in [1.54, 1.807) is 20.1 Å². The van der Waals surface area contributed by atoms with Crippen LogP contribution in [0.2, 0.25) is 0 Å². The summed E-state index contributed by atoms with van der Waals surface area (Å²) in [6.07, 6.45) is 16.3. The summed E-state index contributed by atoms with van der Waals surface area (Å²) in [4.78, 5) is 53.6. The average molecular weight is 708 g/mol. The fourth-order valence-corrected chi connectivity index (χ4v) is 6.57. The van der Waals surface area contributed by atoms with Gasteiger partial charge in [-0.3, -0.25) is 14.4 Å². The van der Waals surface area contributed by atoms with Crippen LogP contribution in [-0.2, 0) is 38.1 Å². The Morgan fingerprint density at radius 1 is 1.04 bits per heavy atom. The van der Waals surface area contributed by atoms with E-state index in [9.17, 15) is 24.3 Å². The second kappa shape index (κ2) is 21.0. The van der Waals surface area contributed by atoms with Crippen molar-refractivity contribution in [2.75, 3.05) is 34.0 Å². The van der Waals surface area contributed by atoms with Crippen LogP contribution >= 0.6 is 0 Å². The monoisotopic (exact) mass is 707 g/mol. The first-order chi connectivity index (χ1) is 24.4. The lowest BCUT2D eigenvalue weighted by atomic mass is 9.85. The number of esters is 1. The van der Waals surface area contributed by atoms with Crippen molar-refractivity contribution < 1.29 is 43.2 Å². The van der Waals surface area contributed by atoms with E-state index in [4.69, 9.17) is 18.9 Å². The van der Waals surface area contributed by atoms with Gasteiger partial charge in [-0.25, -0.2) is 4.79 Å². The summed E-state index contributed by atoms with van der Waals surface area (Å²) in [6, 6.07) is 8.69. The highest BCUT2D eigenvalue weighted by molar-refractivity contribution is 6.39. The van der Waals surface area contributed by atoms with Gasteiger partial charge in [0.2, 0.25) is 5.79 Å². The van der Waals surface area contributed by atoms with E-state index in [0.29, 0.717) is 38.5 Å². The average Bonchev–Trinajstić information content (AvgIpc) is 3.13. The van der Waals surface area contributed by atoms with Gasteiger partial charge < -0.3 is 29.0 Å². The van der Waals surface area contributed by atoms with Gasteiger partial charge in [0.15, 0.2) is 5.78 Å². The van der Waals surface area contributed by atoms with E-state index in [2.05, 4.69) is 13.0 Å². The highest BCUT2D eigenvalue weighted by Gasteiger charge is 2.52. The van der Waals surface area contributed by atoms with Crippen LogP contribution in [0.1, 0.15) is 78.2 Å². The fourth-order valence-electron chi connectivity index (χ4n) is 6.57. The van der Waals surface area contributed by atoms with Gasteiger partial charge in [0, 0.05) is 39.0 Å². The molecule has 2 aliphatic rings. The van der Waals surface area contributed by atoms with Gasteiger partial charge in [-0.15, -0.1) is 0 Å². The van der Waals surface area contributed by atoms with Crippen molar-refractivity contribution in [2.24, 2.45) is 17.8 Å². The molecule has 51 heavy (non-hydrogen) atoms. The third kappa shape index (κ3) is 12.5. The Morgan fingerprint density at radius 2 is 1.78 bits per heavy atom. The van der Waals surface area contributed by atoms with Gasteiger partial charge in [0.05, 0.1) is 12.2 Å². The molecule has 0 bridgehead atoms. The fraction of sp³-hybridized carbons (Fsp3) is 0.561. The van der Waals surface area contributed by atoms with E-state index in [0.717, 1.165) is 17.6 Å². The first-order valence-electron chi connectivity index (χ1n) is 18.1. The Labute approximate surface area is 303 Å². The minimum absolute atomic E-state index is 0.0321. The van der Waals surface area contributed by atoms with E-state index >= 15 is 0 Å². The van der Waals surface area contributed by atoms with Crippen molar-refractivity contribution in [3.8, 4) is 0 Å². The lowest BCUT2D eigenvalue weighted by Gasteiger charge is -2.42. The van der Waals surface area contributed by atoms with Crippen molar-refractivity contribution >= 4 is 29.5 Å². The van der Waals surface area contributed by atoms with Gasteiger partial charge in [-0.2, -0.15) is 0 Å². The number of ketones is 2. The highest BCUT2D eigenvalue weighted by atomic mass is 16.6. The number of likely N-dealkylation sites (tertiary alicyclic amines) is 1. The predicted molar refractivity (Wildman–Crippen MR) is 196 cm³/mol. The first kappa shape index (κ1) is 41.7. The highest BCUT2D eigenvalue weighted by Crippen LogP contribution is 2.36. The normalized spacial score (nSPS) is 24.9. The van der Waals surface area contributed by atoms with Crippen molar-refractivity contribution in [1.29, 1.82) is 0 Å². The number of nitrogens with zero attached hydrogens (tertiary/aromatic N) is 1. The van der Waals surface area contributed by atoms with Gasteiger partial charge in [0.1, 0.15) is 19.3 Å². The molecule has 0 radical (unpaired) electrons. The SMILES string of the molecule is COCC(=O)[C@H](C)C[C@H](C)\C=C/C=C/C=C(\C)[C@H](C[C@@H]1CC[C@@H](C)[C@](O)(C(=O)C(=O)N2CCCC[C@H]2C(=O)OC/C=C/c2ccccc2)O1)OC. The van der Waals surface area contributed by atoms with Crippen LogP contribution in [0.3, 0.4) is 0 Å². The van der Waals surface area contributed by atoms with Crippen LogP contribution in [0.4, 0.5) is 0 Å². The van der Waals surface area contributed by atoms with Crippen molar-refractivity contribution in [1.82, 2.24) is 4.90 Å². The maximum Gasteiger partial charge on any atom is 0.329 e. The van der Waals surface area contributed by atoms with Crippen LogP contribution in [-0.4, -0.2) is 91.5 Å². The summed E-state index contributed by atoms with van der Waals surface area (Å²) in [5.41, 5.74) is 1.89. The molecule has 2 aliphatic heterocycles. The van der Waals surface area contributed by atoms with Crippen molar-refractivity contribution in [3.05, 3.63) is 77.9 Å². The Bertz CT molecular complexity index is 1420. The predicted octanol–water partition coefficient (Wildman–Crippen LogP) is 6.04. The number of amides is 1. The van der Waals surface area contributed by atoms with Crippen molar-refractivity contribution in [3.63, 3.8) is 0 Å². The molecule has 0 aliphatic carbocycles. The topological polar surface area (TPSA) is 129 Å². The van der Waals surface area contributed by atoms with E-state index in [1.165, 1.54) is 12.0 Å². The lowest BCUT2D eigenvalue weighted by Crippen LogP contribution is -2.60. The molecule has 10 heteroatoms. The number of Topliss-reactive ketones (excluding diaryl/α,β-unsaturated/α-hetero) is 2. The molecule has 7 atom stereocenters. The third-order valence-corrected chi connectivity index (χ3v) is 9.77. The minimum atomic E-state index is -2.33. The van der Waals surface area contributed by atoms with Crippen molar-refractivity contribution in [2.45, 2.75) is 96.7 Å². The Hall–Kier alpha value is -3.70. The summed E-state index contributed by atoms with van der Waals surface area (Å²) in [6.45, 7) is 7.99. The number of benzene rings is 1. The lowest BCUT2D eigenvalue weighted by molar-refractivity contribution is -0.265. The maximum absolute atomic E-state index is 13.7. The number of methoxy groups -OCH3 is 2. The summed E-state index contributed by atoms with van der Waals surface area (Å²) in [5.74, 6) is -5.28. The largest absolute Gasteiger partial charge is 0.460 e. The second-order valence-electron chi connectivity index (χ2n) is 13.9. The number of ether oxygens (including phenoxy) is 4. The van der Waals surface area contributed by atoms with Crippen LogP contribution in [0.15, 0.2) is 72.4 Å². The minimum Gasteiger partial charge on any atom is -0.460 e. The van der Waals surface area contributed by atoms with Gasteiger partial charge >= 0.3 is 5.97 Å². The van der Waals surface area contributed by atoms with E-state index in [1.807, 2.05) is 74.6 Å². The van der Waals surface area contributed by atoms with Crippen LogP contribution in [0.5, 0.6) is 0 Å². The molecule has 2 heterocycles. The number of allylic oxidation sites excluding steroid dienone is 5. The maximum atomic E-state index is 13.7. The van der Waals surface area contributed by atoms with Gasteiger partial charge in [-0.1, -0.05) is 87.6 Å². The summed E-state index contributed by atoms with van der Waals surface area (Å²) in [7, 11) is 3.12. The molecule has 3 rings (SSSR count). The van der Waals surface area contributed by atoms with Gasteiger partial charge in [-0.05, 0) is 68.6 Å². The third-order valence-electron chi connectivity index (χ3n) is 9.77. The number of aliphatic hydroxyl groups is 1. The first-order valence-corrected chi connectivity index (χ1v) is 18.1. The molecule has 1 amide bonds. The quantitative estimate of drug-likeness (QED) is 0.110. The molecule has 1 N–H and O–H groups in total. The zero-order valence-corrected chi connectivity index (χ0v) is 31.1. The zero-order chi connectivity index (χ0) is 37.4. The smallest absolute Gasteiger partial charge is 0.329 e. The molecule has 1 aromatic rings.